The van der Waals surface area contributed by atoms with Crippen molar-refractivity contribution in [3.05, 3.63) is 71.7 Å². The van der Waals surface area contributed by atoms with Crippen LogP contribution in [0, 0.1) is 11.6 Å². The summed E-state index contributed by atoms with van der Waals surface area (Å²) in [5, 5.41) is 9.93. The summed E-state index contributed by atoms with van der Waals surface area (Å²) in [6.45, 7) is 2.32. The molecule has 2 unspecified atom stereocenters. The van der Waals surface area contributed by atoms with Crippen LogP contribution in [0.4, 0.5) is 14.6 Å². The fraction of sp³-hybridized carbons (Fsp3) is 0.333. The number of aliphatic hydroxyl groups is 1. The lowest BCUT2D eigenvalue weighted by molar-refractivity contribution is 0.0181. The third-order valence-corrected chi connectivity index (χ3v) is 6.11. The van der Waals surface area contributed by atoms with Gasteiger partial charge < -0.3 is 25.1 Å². The highest BCUT2D eigenvalue weighted by molar-refractivity contribution is 5.66. The van der Waals surface area contributed by atoms with Crippen molar-refractivity contribution in [1.29, 1.82) is 0 Å². The largest absolute Gasteiger partial charge is 0.482 e. The minimum absolute atomic E-state index is 0.0494. The maximum Gasteiger partial charge on any atom is 0.166 e. The Morgan fingerprint density at radius 1 is 1.03 bits per heavy atom. The summed E-state index contributed by atoms with van der Waals surface area (Å²) >= 11 is 0. The van der Waals surface area contributed by atoms with E-state index in [4.69, 9.17) is 19.9 Å². The molecule has 5 atom stereocenters. The van der Waals surface area contributed by atoms with Gasteiger partial charge in [-0.25, -0.2) is 13.8 Å². The summed E-state index contributed by atoms with van der Waals surface area (Å²) in [7, 11) is 0. The number of nitrogens with zero attached hydrogens (tertiary/aromatic N) is 2. The van der Waals surface area contributed by atoms with Gasteiger partial charge in [0.25, 0.3) is 0 Å². The predicted molar refractivity (Wildman–Crippen MR) is 116 cm³/mol. The molecule has 1 aromatic carbocycles. The van der Waals surface area contributed by atoms with Gasteiger partial charge in [0.1, 0.15) is 29.9 Å². The van der Waals surface area contributed by atoms with Crippen LogP contribution in [-0.4, -0.2) is 46.6 Å². The van der Waals surface area contributed by atoms with Gasteiger partial charge in [-0.3, -0.25) is 4.98 Å². The molecule has 3 N–H and O–H groups in total. The number of benzene rings is 1. The first-order chi connectivity index (χ1) is 15.9. The number of halogens is 2. The molecule has 2 aliphatic rings. The van der Waals surface area contributed by atoms with E-state index in [1.165, 1.54) is 0 Å². The lowest BCUT2D eigenvalue weighted by atomic mass is 9.96. The van der Waals surface area contributed by atoms with Crippen molar-refractivity contribution in [2.75, 3.05) is 18.9 Å². The molecule has 7 nitrogen and oxygen atoms in total. The average molecular weight is 455 g/mol. The van der Waals surface area contributed by atoms with Gasteiger partial charge in [0, 0.05) is 34.8 Å². The summed E-state index contributed by atoms with van der Waals surface area (Å²) in [6.07, 6.45) is 1.39. The lowest BCUT2D eigenvalue weighted by Gasteiger charge is -2.18. The van der Waals surface area contributed by atoms with E-state index in [1.54, 1.807) is 25.4 Å². The third-order valence-electron chi connectivity index (χ3n) is 6.11. The SMILES string of the molecule is CC(Oc1cc(-c2ccc(C3CO[C@@H]4[C@H](O)CO[C@H]34)nc2)cnc1N)c1cc(F)ccc1F. The number of anilines is 1. The second-order valence-corrected chi connectivity index (χ2v) is 8.27. The molecule has 4 heterocycles. The van der Waals surface area contributed by atoms with Gasteiger partial charge in [-0.05, 0) is 37.3 Å². The monoisotopic (exact) mass is 455 g/mol. The molecule has 33 heavy (non-hydrogen) atoms. The van der Waals surface area contributed by atoms with E-state index in [0.29, 0.717) is 12.2 Å². The van der Waals surface area contributed by atoms with Crippen LogP contribution in [0.3, 0.4) is 0 Å². The van der Waals surface area contributed by atoms with Crippen LogP contribution in [0.1, 0.15) is 30.2 Å². The highest BCUT2D eigenvalue weighted by Gasteiger charge is 2.48. The first-order valence-electron chi connectivity index (χ1n) is 10.7. The Hall–Kier alpha value is -3.14. The van der Waals surface area contributed by atoms with Gasteiger partial charge >= 0.3 is 0 Å². The summed E-state index contributed by atoms with van der Waals surface area (Å²) in [4.78, 5) is 8.75. The topological polar surface area (TPSA) is 99.7 Å². The second kappa shape index (κ2) is 8.66. The standard InChI is InChI=1S/C24H23F2N3O4/c1-12(16-7-15(25)3-4-18(16)26)33-21-6-14(9-29-24(21)27)13-2-5-19(28-8-13)17-10-31-23-20(30)11-32-22(17)23/h2-9,12,17,20,22-23,30H,10-11H2,1H3,(H2,27,29)/t12?,17?,20-,22-,23-/m1/s1. The van der Waals surface area contributed by atoms with Crippen LogP contribution in [-0.2, 0) is 9.47 Å². The summed E-state index contributed by atoms with van der Waals surface area (Å²) in [5.74, 6) is -0.773. The molecular weight excluding hydrogens is 432 g/mol. The third kappa shape index (κ3) is 4.15. The van der Waals surface area contributed by atoms with Gasteiger partial charge in [0.15, 0.2) is 11.6 Å². The van der Waals surface area contributed by atoms with E-state index in [1.807, 2.05) is 12.1 Å². The van der Waals surface area contributed by atoms with Crippen molar-refractivity contribution in [2.45, 2.75) is 37.3 Å². The van der Waals surface area contributed by atoms with E-state index in [-0.39, 0.29) is 41.9 Å². The van der Waals surface area contributed by atoms with Crippen LogP contribution in [0.5, 0.6) is 5.75 Å². The minimum atomic E-state index is -0.780. The molecule has 2 aliphatic heterocycles. The molecule has 2 saturated heterocycles. The highest BCUT2D eigenvalue weighted by atomic mass is 19.1. The van der Waals surface area contributed by atoms with Crippen LogP contribution in [0.2, 0.25) is 0 Å². The molecule has 2 fully saturated rings. The van der Waals surface area contributed by atoms with E-state index >= 15 is 0 Å². The number of nitrogen functional groups attached to an aromatic ring is 1. The summed E-state index contributed by atoms with van der Waals surface area (Å²) in [6, 6.07) is 8.69. The van der Waals surface area contributed by atoms with Crippen molar-refractivity contribution >= 4 is 5.82 Å². The lowest BCUT2D eigenvalue weighted by Crippen LogP contribution is -2.28. The van der Waals surface area contributed by atoms with Crippen molar-refractivity contribution in [2.24, 2.45) is 0 Å². The molecule has 3 aromatic rings. The number of hydrogen-bond acceptors (Lipinski definition) is 7. The number of ether oxygens (including phenoxy) is 3. The van der Waals surface area contributed by atoms with E-state index in [2.05, 4.69) is 9.97 Å². The van der Waals surface area contributed by atoms with Crippen molar-refractivity contribution in [1.82, 2.24) is 9.97 Å². The molecule has 172 valence electrons. The molecule has 0 bridgehead atoms. The number of fused-ring (bicyclic) bond motifs is 1. The number of rotatable bonds is 5. The van der Waals surface area contributed by atoms with Crippen molar-refractivity contribution in [3.8, 4) is 16.9 Å². The molecule has 2 aromatic heterocycles. The fourth-order valence-corrected chi connectivity index (χ4v) is 4.32. The number of aliphatic hydroxyl groups excluding tert-OH is 1. The number of hydrogen-bond donors (Lipinski definition) is 2. The molecule has 9 heteroatoms. The predicted octanol–water partition coefficient (Wildman–Crippen LogP) is 3.39. The van der Waals surface area contributed by atoms with Gasteiger partial charge in [-0.15, -0.1) is 0 Å². The summed E-state index contributed by atoms with van der Waals surface area (Å²) in [5.41, 5.74) is 8.35. The molecule has 0 radical (unpaired) electrons. The number of pyridine rings is 2. The quantitative estimate of drug-likeness (QED) is 0.608. The van der Waals surface area contributed by atoms with Crippen LogP contribution in [0.15, 0.2) is 48.8 Å². The maximum atomic E-state index is 14.1. The van der Waals surface area contributed by atoms with Gasteiger partial charge in [-0.2, -0.15) is 0 Å². The normalized spacial score (nSPS) is 25.1. The van der Waals surface area contributed by atoms with Crippen LogP contribution in [0.25, 0.3) is 11.1 Å². The maximum absolute atomic E-state index is 14.1. The highest BCUT2D eigenvalue weighted by Crippen LogP contribution is 2.37. The zero-order chi connectivity index (χ0) is 23.1. The van der Waals surface area contributed by atoms with Gasteiger partial charge in [0.05, 0.1) is 25.2 Å². The first-order valence-corrected chi connectivity index (χ1v) is 10.7. The minimum Gasteiger partial charge on any atom is -0.482 e. The Balaban J connectivity index is 1.35. The van der Waals surface area contributed by atoms with E-state index in [9.17, 15) is 13.9 Å². The molecule has 0 spiro atoms. The second-order valence-electron chi connectivity index (χ2n) is 8.27. The molecule has 5 rings (SSSR count). The Bertz CT molecular complexity index is 1160. The number of aromatic nitrogens is 2. The molecular formula is C24H23F2N3O4. The number of nitrogens with two attached hydrogens (primary N) is 1. The van der Waals surface area contributed by atoms with Gasteiger partial charge in [0.2, 0.25) is 0 Å². The van der Waals surface area contributed by atoms with Crippen molar-refractivity contribution in [3.63, 3.8) is 0 Å². The molecule has 0 amide bonds. The Labute approximate surface area is 189 Å². The fourth-order valence-electron chi connectivity index (χ4n) is 4.32. The Morgan fingerprint density at radius 3 is 2.61 bits per heavy atom. The van der Waals surface area contributed by atoms with E-state index in [0.717, 1.165) is 29.5 Å². The van der Waals surface area contributed by atoms with Gasteiger partial charge in [-0.1, -0.05) is 6.07 Å². The molecule has 0 aliphatic carbocycles. The molecule has 0 saturated carbocycles. The zero-order valence-corrected chi connectivity index (χ0v) is 17.8. The first kappa shape index (κ1) is 21.7. The van der Waals surface area contributed by atoms with E-state index < -0.39 is 23.8 Å². The zero-order valence-electron chi connectivity index (χ0n) is 17.8. The average Bonchev–Trinajstić information content (AvgIpc) is 3.40. The van der Waals surface area contributed by atoms with Crippen molar-refractivity contribution < 1.29 is 28.1 Å². The van der Waals surface area contributed by atoms with Crippen LogP contribution < -0.4 is 10.5 Å². The summed E-state index contributed by atoms with van der Waals surface area (Å²) < 4.78 is 44.8. The van der Waals surface area contributed by atoms with Crippen LogP contribution >= 0.6 is 0 Å². The Kier molecular flexibility index (Phi) is 5.69. The Morgan fingerprint density at radius 2 is 1.82 bits per heavy atom. The smallest absolute Gasteiger partial charge is 0.166 e.